The molecule has 0 atom stereocenters. The zero-order valence-corrected chi connectivity index (χ0v) is 11.0. The molecule has 1 aliphatic rings. The van der Waals surface area contributed by atoms with Gasteiger partial charge in [-0.05, 0) is 12.8 Å². The number of carboxylic acid groups (broad SMARTS) is 1. The van der Waals surface area contributed by atoms with Crippen LogP contribution in [0.4, 0.5) is 8.78 Å². The first kappa shape index (κ1) is 15.3. The van der Waals surface area contributed by atoms with Gasteiger partial charge < -0.3 is 15.2 Å². The maximum absolute atomic E-state index is 12.9. The molecule has 1 fully saturated rings. The molecule has 1 saturated heterocycles. The molecule has 1 aliphatic heterocycles. The third-order valence-corrected chi connectivity index (χ3v) is 3.06. The van der Waals surface area contributed by atoms with Gasteiger partial charge in [-0.25, -0.2) is 18.3 Å². The van der Waals surface area contributed by atoms with Gasteiger partial charge in [0.2, 0.25) is 5.91 Å². The van der Waals surface area contributed by atoms with Crippen molar-refractivity contribution in [2.75, 3.05) is 13.2 Å². The van der Waals surface area contributed by atoms with Gasteiger partial charge in [0.1, 0.15) is 12.2 Å². The number of halogens is 2. The molecule has 2 rings (SSSR count). The van der Waals surface area contributed by atoms with E-state index in [1.807, 2.05) is 0 Å². The van der Waals surface area contributed by atoms with Crippen LogP contribution in [0.25, 0.3) is 0 Å². The van der Waals surface area contributed by atoms with Gasteiger partial charge in [0, 0.05) is 19.3 Å². The van der Waals surface area contributed by atoms with Gasteiger partial charge in [-0.2, -0.15) is 0 Å². The average Bonchev–Trinajstić information content (AvgIpc) is 2.83. The van der Waals surface area contributed by atoms with E-state index in [2.05, 4.69) is 15.6 Å². The summed E-state index contributed by atoms with van der Waals surface area (Å²) in [5.74, 6) is -2.13. The quantitative estimate of drug-likeness (QED) is 0.805. The number of carbonyl (C=O) groups excluding carboxylic acids is 1. The average molecular weight is 304 g/mol. The van der Waals surface area contributed by atoms with E-state index in [9.17, 15) is 18.4 Å². The van der Waals surface area contributed by atoms with Crippen molar-refractivity contribution in [3.8, 4) is 0 Å². The highest BCUT2D eigenvalue weighted by Crippen LogP contribution is 2.21. The lowest BCUT2D eigenvalue weighted by Crippen LogP contribution is -2.40. The third kappa shape index (κ3) is 3.72. The van der Waals surface area contributed by atoms with Crippen LogP contribution in [0.15, 0.2) is 0 Å². The number of rotatable bonds is 5. The first-order chi connectivity index (χ1) is 9.99. The molecule has 0 radical (unpaired) electrons. The highest BCUT2D eigenvalue weighted by atomic mass is 19.3. The molecule has 2 heterocycles. The Kier molecular flexibility index (Phi) is 4.78. The summed E-state index contributed by atoms with van der Waals surface area (Å²) in [6.07, 6.45) is -1.79. The van der Waals surface area contributed by atoms with Gasteiger partial charge in [0.05, 0.1) is 0 Å². The summed E-state index contributed by atoms with van der Waals surface area (Å²) in [5, 5.41) is 17.9. The molecule has 1 aromatic rings. The van der Waals surface area contributed by atoms with Gasteiger partial charge in [-0.1, -0.05) is 5.21 Å². The highest BCUT2D eigenvalue weighted by Gasteiger charge is 2.27. The lowest BCUT2D eigenvalue weighted by molar-refractivity contribution is -0.123. The number of hydrogen-bond acceptors (Lipinski definition) is 5. The molecule has 10 heteroatoms. The van der Waals surface area contributed by atoms with Crippen LogP contribution in [0.3, 0.4) is 0 Å². The molecule has 0 aromatic carbocycles. The normalized spacial score (nSPS) is 16.1. The number of carbonyl (C=O) groups is 2. The molecule has 0 bridgehead atoms. The molecule has 0 saturated carbocycles. The van der Waals surface area contributed by atoms with Crippen LogP contribution in [0.1, 0.15) is 35.4 Å². The van der Waals surface area contributed by atoms with Crippen molar-refractivity contribution in [1.82, 2.24) is 20.3 Å². The van der Waals surface area contributed by atoms with E-state index in [-0.39, 0.29) is 6.04 Å². The Labute approximate surface area is 118 Å². The second kappa shape index (κ2) is 6.57. The van der Waals surface area contributed by atoms with E-state index < -0.39 is 36.2 Å². The topological polar surface area (TPSA) is 106 Å². The minimum absolute atomic E-state index is 0.0799. The smallest absolute Gasteiger partial charge is 0.358 e. The first-order valence-electron chi connectivity index (χ1n) is 6.31. The van der Waals surface area contributed by atoms with E-state index in [0.717, 1.165) is 0 Å². The Bertz CT molecular complexity index is 528. The van der Waals surface area contributed by atoms with Gasteiger partial charge in [-0.3, -0.25) is 4.79 Å². The first-order valence-corrected chi connectivity index (χ1v) is 6.31. The number of aromatic nitrogens is 3. The molecular formula is C11H14F2N4O4. The van der Waals surface area contributed by atoms with Crippen molar-refractivity contribution in [2.24, 2.45) is 0 Å². The minimum Gasteiger partial charge on any atom is -0.476 e. The van der Waals surface area contributed by atoms with Gasteiger partial charge in [0.15, 0.2) is 5.69 Å². The summed E-state index contributed by atoms with van der Waals surface area (Å²) in [6.45, 7) is 0.552. The number of amides is 1. The number of carboxylic acids is 1. The minimum atomic E-state index is -3.08. The molecule has 116 valence electrons. The van der Waals surface area contributed by atoms with Gasteiger partial charge >= 0.3 is 5.97 Å². The van der Waals surface area contributed by atoms with Crippen molar-refractivity contribution >= 4 is 11.9 Å². The Balaban J connectivity index is 2.04. The Morgan fingerprint density at radius 3 is 2.67 bits per heavy atom. The molecule has 0 aliphatic carbocycles. The number of ether oxygens (including phenoxy) is 1. The predicted octanol–water partition coefficient (Wildman–Crippen LogP) is 0.209. The molecule has 8 nitrogen and oxygen atoms in total. The van der Waals surface area contributed by atoms with Crippen LogP contribution in [0.2, 0.25) is 0 Å². The van der Waals surface area contributed by atoms with Crippen molar-refractivity contribution in [1.29, 1.82) is 0 Å². The molecule has 0 spiro atoms. The summed E-state index contributed by atoms with van der Waals surface area (Å²) in [4.78, 5) is 22.6. The van der Waals surface area contributed by atoms with Gasteiger partial charge in [-0.15, -0.1) is 5.10 Å². The summed E-state index contributed by atoms with van der Waals surface area (Å²) >= 11 is 0. The highest BCUT2D eigenvalue weighted by molar-refractivity contribution is 5.86. The Morgan fingerprint density at radius 1 is 1.43 bits per heavy atom. The summed E-state index contributed by atoms with van der Waals surface area (Å²) < 4.78 is 31.5. The molecule has 2 N–H and O–H groups in total. The SMILES string of the molecule is O=C(Cn1nnc(C(=O)O)c1C(F)F)NC1CCOCC1. The molecular weight excluding hydrogens is 290 g/mol. The fourth-order valence-electron chi connectivity index (χ4n) is 2.06. The Hall–Kier alpha value is -2.10. The third-order valence-electron chi connectivity index (χ3n) is 3.06. The lowest BCUT2D eigenvalue weighted by atomic mass is 10.1. The van der Waals surface area contributed by atoms with Crippen LogP contribution in [0.5, 0.6) is 0 Å². The van der Waals surface area contributed by atoms with Crippen LogP contribution >= 0.6 is 0 Å². The summed E-state index contributed by atoms with van der Waals surface area (Å²) in [7, 11) is 0. The summed E-state index contributed by atoms with van der Waals surface area (Å²) in [5.41, 5.74) is -1.71. The van der Waals surface area contributed by atoms with Crippen LogP contribution in [-0.4, -0.2) is 51.2 Å². The number of aromatic carboxylic acids is 1. The zero-order chi connectivity index (χ0) is 15.4. The zero-order valence-electron chi connectivity index (χ0n) is 11.0. The van der Waals surface area contributed by atoms with E-state index in [1.165, 1.54) is 0 Å². The van der Waals surface area contributed by atoms with Gasteiger partial charge in [0.25, 0.3) is 6.43 Å². The van der Waals surface area contributed by atoms with Crippen LogP contribution in [0, 0.1) is 0 Å². The fourth-order valence-corrected chi connectivity index (χ4v) is 2.06. The number of hydrogen-bond donors (Lipinski definition) is 2. The molecule has 21 heavy (non-hydrogen) atoms. The van der Waals surface area contributed by atoms with E-state index in [1.54, 1.807) is 0 Å². The number of nitrogens with zero attached hydrogens (tertiary/aromatic N) is 3. The largest absolute Gasteiger partial charge is 0.476 e. The standard InChI is InChI=1S/C11H14F2N4O4/c12-10(13)9-8(11(19)20)15-16-17(9)5-7(18)14-6-1-3-21-4-2-6/h6,10H,1-5H2,(H,14,18)(H,19,20). The molecule has 1 amide bonds. The second-order valence-electron chi connectivity index (χ2n) is 4.54. The predicted molar refractivity (Wildman–Crippen MR) is 63.9 cm³/mol. The van der Waals surface area contributed by atoms with Crippen LogP contribution in [-0.2, 0) is 16.1 Å². The van der Waals surface area contributed by atoms with Crippen molar-refractivity contribution in [3.05, 3.63) is 11.4 Å². The van der Waals surface area contributed by atoms with Crippen LogP contribution < -0.4 is 5.32 Å². The maximum Gasteiger partial charge on any atom is 0.358 e. The van der Waals surface area contributed by atoms with E-state index >= 15 is 0 Å². The lowest BCUT2D eigenvalue weighted by Gasteiger charge is -2.23. The maximum atomic E-state index is 12.9. The van der Waals surface area contributed by atoms with Crippen molar-refractivity contribution in [2.45, 2.75) is 31.9 Å². The second-order valence-corrected chi connectivity index (χ2v) is 4.54. The summed E-state index contributed by atoms with van der Waals surface area (Å²) in [6, 6.07) is -0.0799. The Morgan fingerprint density at radius 2 is 2.10 bits per heavy atom. The molecule has 1 aromatic heterocycles. The fraction of sp³-hybridized carbons (Fsp3) is 0.636. The monoisotopic (exact) mass is 304 g/mol. The van der Waals surface area contributed by atoms with Crippen molar-refractivity contribution < 1.29 is 28.2 Å². The van der Waals surface area contributed by atoms with E-state index in [4.69, 9.17) is 9.84 Å². The molecule has 0 unspecified atom stereocenters. The number of nitrogens with one attached hydrogen (secondary N) is 1. The van der Waals surface area contributed by atoms with E-state index in [0.29, 0.717) is 30.7 Å². The number of alkyl halides is 2. The van der Waals surface area contributed by atoms with Crippen molar-refractivity contribution in [3.63, 3.8) is 0 Å².